The van der Waals surface area contributed by atoms with Crippen LogP contribution in [0.1, 0.15) is 24.9 Å². The summed E-state index contributed by atoms with van der Waals surface area (Å²) in [5.41, 5.74) is 1.66. The lowest BCUT2D eigenvalue weighted by atomic mass is 10.0. The molecule has 0 saturated carbocycles. The van der Waals surface area contributed by atoms with Gasteiger partial charge in [-0.3, -0.25) is 9.59 Å². The zero-order valence-corrected chi connectivity index (χ0v) is 16.3. The van der Waals surface area contributed by atoms with Crippen LogP contribution in [0.5, 0.6) is 0 Å². The first kappa shape index (κ1) is 18.6. The average Bonchev–Trinajstić information content (AvgIpc) is 3.23. The number of carbonyl (C=O) groups excluding carboxylic acids is 2. The van der Waals surface area contributed by atoms with E-state index in [1.807, 2.05) is 47.8 Å². The molecule has 0 aliphatic carbocycles. The highest BCUT2D eigenvalue weighted by atomic mass is 35.5. The van der Waals surface area contributed by atoms with Crippen molar-refractivity contribution in [1.29, 1.82) is 0 Å². The number of anilines is 1. The van der Waals surface area contributed by atoms with Crippen molar-refractivity contribution in [2.24, 2.45) is 0 Å². The molecule has 3 aromatic rings. The number of benzene rings is 1. The maximum Gasteiger partial charge on any atom is 0.228 e. The lowest BCUT2D eigenvalue weighted by Crippen LogP contribution is -2.29. The number of thiazole rings is 1. The van der Waals surface area contributed by atoms with Gasteiger partial charge in [0.15, 0.2) is 5.13 Å². The first-order valence-corrected chi connectivity index (χ1v) is 9.92. The molecule has 3 rings (SSSR count). The van der Waals surface area contributed by atoms with E-state index in [9.17, 15) is 9.59 Å². The van der Waals surface area contributed by atoms with Crippen LogP contribution in [-0.4, -0.2) is 16.8 Å². The summed E-state index contributed by atoms with van der Waals surface area (Å²) in [6, 6.07) is 12.7. The van der Waals surface area contributed by atoms with Crippen molar-refractivity contribution >= 4 is 51.2 Å². The minimum absolute atomic E-state index is 0.128. The van der Waals surface area contributed by atoms with Crippen LogP contribution in [0.4, 0.5) is 5.13 Å². The summed E-state index contributed by atoms with van der Waals surface area (Å²) in [7, 11) is 0. The number of amides is 2. The van der Waals surface area contributed by atoms with E-state index >= 15 is 0 Å². The van der Waals surface area contributed by atoms with Crippen molar-refractivity contribution in [3.63, 3.8) is 0 Å². The molecular formula is C18H16ClN3O2S2. The van der Waals surface area contributed by atoms with E-state index < -0.39 is 0 Å². The molecule has 1 aromatic carbocycles. The normalized spacial score (nSPS) is 11.8. The van der Waals surface area contributed by atoms with Crippen LogP contribution in [0.15, 0.2) is 47.8 Å². The SMILES string of the molecule is CC(=O)N[C@H](CC(=O)Nc1nc(-c2ccc(Cl)s2)cs1)c1ccccc1. The van der Waals surface area contributed by atoms with Gasteiger partial charge >= 0.3 is 0 Å². The molecule has 5 nitrogen and oxygen atoms in total. The van der Waals surface area contributed by atoms with Gasteiger partial charge in [0.25, 0.3) is 0 Å². The molecule has 0 saturated heterocycles. The Labute approximate surface area is 164 Å². The number of rotatable bonds is 6. The van der Waals surface area contributed by atoms with Gasteiger partial charge in [0, 0.05) is 12.3 Å². The van der Waals surface area contributed by atoms with E-state index in [4.69, 9.17) is 11.6 Å². The van der Waals surface area contributed by atoms with E-state index in [0.717, 1.165) is 16.1 Å². The Morgan fingerprint density at radius 3 is 2.62 bits per heavy atom. The topological polar surface area (TPSA) is 71.1 Å². The lowest BCUT2D eigenvalue weighted by Gasteiger charge is -2.17. The van der Waals surface area contributed by atoms with Gasteiger partial charge in [0.2, 0.25) is 11.8 Å². The van der Waals surface area contributed by atoms with E-state index in [2.05, 4.69) is 15.6 Å². The van der Waals surface area contributed by atoms with Gasteiger partial charge in [0.1, 0.15) is 0 Å². The predicted molar refractivity (Wildman–Crippen MR) is 107 cm³/mol. The van der Waals surface area contributed by atoms with Crippen molar-refractivity contribution in [3.05, 3.63) is 57.7 Å². The highest BCUT2D eigenvalue weighted by Crippen LogP contribution is 2.33. The molecule has 0 unspecified atom stereocenters. The molecule has 26 heavy (non-hydrogen) atoms. The van der Waals surface area contributed by atoms with Crippen molar-refractivity contribution < 1.29 is 9.59 Å². The molecule has 134 valence electrons. The van der Waals surface area contributed by atoms with E-state index in [0.29, 0.717) is 9.47 Å². The van der Waals surface area contributed by atoms with Crippen molar-refractivity contribution in [2.75, 3.05) is 5.32 Å². The van der Waals surface area contributed by atoms with Gasteiger partial charge in [-0.05, 0) is 17.7 Å². The zero-order chi connectivity index (χ0) is 18.5. The number of nitrogens with one attached hydrogen (secondary N) is 2. The van der Waals surface area contributed by atoms with Crippen LogP contribution in [-0.2, 0) is 9.59 Å². The minimum Gasteiger partial charge on any atom is -0.349 e. The molecule has 2 heterocycles. The second kappa shape index (κ2) is 8.44. The molecule has 2 aromatic heterocycles. The van der Waals surface area contributed by atoms with Crippen molar-refractivity contribution in [1.82, 2.24) is 10.3 Å². The number of halogens is 1. The van der Waals surface area contributed by atoms with Crippen LogP contribution < -0.4 is 10.6 Å². The fraction of sp³-hybridized carbons (Fsp3) is 0.167. The van der Waals surface area contributed by atoms with E-state index in [1.165, 1.54) is 29.6 Å². The summed E-state index contributed by atoms with van der Waals surface area (Å²) < 4.78 is 0.694. The summed E-state index contributed by atoms with van der Waals surface area (Å²) in [5, 5.41) is 8.01. The fourth-order valence-corrected chi connectivity index (χ4v) is 4.24. The molecule has 1 atom stereocenters. The molecule has 0 bridgehead atoms. The number of thiophene rings is 1. The van der Waals surface area contributed by atoms with Gasteiger partial charge in [-0.25, -0.2) is 4.98 Å². The molecule has 0 spiro atoms. The lowest BCUT2D eigenvalue weighted by molar-refractivity contribution is -0.120. The van der Waals surface area contributed by atoms with Crippen LogP contribution in [0.2, 0.25) is 4.34 Å². The minimum atomic E-state index is -0.385. The number of nitrogens with zero attached hydrogens (tertiary/aromatic N) is 1. The Kier molecular flexibility index (Phi) is 6.03. The Hall–Kier alpha value is -2.22. The maximum absolute atomic E-state index is 12.4. The molecule has 0 radical (unpaired) electrons. The Bertz CT molecular complexity index is 908. The molecule has 2 N–H and O–H groups in total. The highest BCUT2D eigenvalue weighted by molar-refractivity contribution is 7.20. The summed E-state index contributed by atoms with van der Waals surface area (Å²) in [4.78, 5) is 29.3. The summed E-state index contributed by atoms with van der Waals surface area (Å²) >= 11 is 8.74. The number of hydrogen-bond donors (Lipinski definition) is 2. The largest absolute Gasteiger partial charge is 0.349 e. The van der Waals surface area contributed by atoms with Gasteiger partial charge in [0.05, 0.1) is 27.4 Å². The van der Waals surface area contributed by atoms with E-state index in [1.54, 1.807) is 0 Å². The van der Waals surface area contributed by atoms with Crippen LogP contribution in [0.3, 0.4) is 0 Å². The third-order valence-corrected chi connectivity index (χ3v) is 5.56. The predicted octanol–water partition coefficient (Wildman–Crippen LogP) is 4.73. The zero-order valence-electron chi connectivity index (χ0n) is 13.9. The van der Waals surface area contributed by atoms with E-state index in [-0.39, 0.29) is 24.3 Å². The third kappa shape index (κ3) is 4.91. The second-order valence-electron chi connectivity index (χ2n) is 5.56. The molecule has 8 heteroatoms. The van der Waals surface area contributed by atoms with Crippen LogP contribution in [0, 0.1) is 0 Å². The molecule has 0 aliphatic heterocycles. The fourth-order valence-electron chi connectivity index (χ4n) is 2.43. The Morgan fingerprint density at radius 2 is 1.96 bits per heavy atom. The molecular weight excluding hydrogens is 390 g/mol. The second-order valence-corrected chi connectivity index (χ2v) is 8.13. The van der Waals surface area contributed by atoms with Crippen LogP contribution >= 0.6 is 34.3 Å². The highest BCUT2D eigenvalue weighted by Gasteiger charge is 2.18. The van der Waals surface area contributed by atoms with Gasteiger partial charge in [-0.15, -0.1) is 22.7 Å². The monoisotopic (exact) mass is 405 g/mol. The third-order valence-electron chi connectivity index (χ3n) is 3.55. The Balaban J connectivity index is 1.67. The van der Waals surface area contributed by atoms with Gasteiger partial charge < -0.3 is 10.6 Å². The summed E-state index contributed by atoms with van der Waals surface area (Å²) in [6.45, 7) is 1.44. The standard InChI is InChI=1S/C18H16ClN3O2S2/c1-11(23)20-13(12-5-3-2-4-6-12)9-17(24)22-18-21-14(10-25-18)15-7-8-16(19)26-15/h2-8,10,13H,9H2,1H3,(H,20,23)(H,21,22,24)/t13-/m1/s1. The molecule has 0 aliphatic rings. The van der Waals surface area contributed by atoms with Crippen molar-refractivity contribution in [3.8, 4) is 10.6 Å². The maximum atomic E-state index is 12.4. The molecule has 2 amide bonds. The number of hydrogen-bond acceptors (Lipinski definition) is 5. The number of carbonyl (C=O) groups is 2. The average molecular weight is 406 g/mol. The van der Waals surface area contributed by atoms with Gasteiger partial charge in [-0.1, -0.05) is 41.9 Å². The molecule has 0 fully saturated rings. The first-order chi connectivity index (χ1) is 12.5. The Morgan fingerprint density at radius 1 is 1.19 bits per heavy atom. The number of aromatic nitrogens is 1. The van der Waals surface area contributed by atoms with Crippen molar-refractivity contribution in [2.45, 2.75) is 19.4 Å². The summed E-state index contributed by atoms with van der Waals surface area (Å²) in [6.07, 6.45) is 0.128. The smallest absolute Gasteiger partial charge is 0.228 e. The first-order valence-electron chi connectivity index (χ1n) is 7.84. The summed E-state index contributed by atoms with van der Waals surface area (Å²) in [5.74, 6) is -0.393. The quantitative estimate of drug-likeness (QED) is 0.622. The van der Waals surface area contributed by atoms with Gasteiger partial charge in [-0.2, -0.15) is 0 Å². The van der Waals surface area contributed by atoms with Crippen LogP contribution in [0.25, 0.3) is 10.6 Å².